The van der Waals surface area contributed by atoms with Crippen LogP contribution in [0.3, 0.4) is 0 Å². The fraction of sp³-hybridized carbons (Fsp3) is 0.902. The van der Waals surface area contributed by atoms with E-state index in [2.05, 4.69) is 72.8 Å². The van der Waals surface area contributed by atoms with Crippen LogP contribution in [0.5, 0.6) is 0 Å². The highest BCUT2D eigenvalue weighted by Crippen LogP contribution is 2.45. The molecule has 101 heavy (non-hydrogen) atoms. The Balaban J connectivity index is 5.23. The van der Waals surface area contributed by atoms with Gasteiger partial charge in [0.05, 0.1) is 26.4 Å². The molecule has 0 aliphatic heterocycles. The minimum absolute atomic E-state index is 0.0852. The summed E-state index contributed by atoms with van der Waals surface area (Å²) in [4.78, 5) is 73.0. The smallest absolute Gasteiger partial charge is 0.462 e. The molecule has 0 rings (SSSR count). The highest BCUT2D eigenvalue weighted by atomic mass is 31.2. The summed E-state index contributed by atoms with van der Waals surface area (Å²) in [6.45, 7) is 11.9. The van der Waals surface area contributed by atoms with Crippen LogP contribution in [-0.2, 0) is 65.4 Å². The summed E-state index contributed by atoms with van der Waals surface area (Å²) < 4.78 is 68.6. The van der Waals surface area contributed by atoms with Crippen molar-refractivity contribution in [1.82, 2.24) is 0 Å². The number of phosphoric ester groups is 2. The molecule has 3 N–H and O–H groups in total. The highest BCUT2D eigenvalue weighted by Gasteiger charge is 2.30. The molecule has 4 unspecified atom stereocenters. The summed E-state index contributed by atoms with van der Waals surface area (Å²) in [7, 11) is -9.93. The van der Waals surface area contributed by atoms with Crippen LogP contribution in [0, 0.1) is 17.8 Å². The molecule has 0 aliphatic rings. The summed E-state index contributed by atoms with van der Waals surface area (Å²) >= 11 is 0. The molecule has 0 aromatic rings. The van der Waals surface area contributed by atoms with Gasteiger partial charge in [0.2, 0.25) is 0 Å². The molecule has 0 saturated heterocycles. The lowest BCUT2D eigenvalue weighted by Gasteiger charge is -2.21. The first-order valence-corrected chi connectivity index (χ1v) is 44.7. The second kappa shape index (κ2) is 71.8. The van der Waals surface area contributed by atoms with Crippen molar-refractivity contribution in [2.75, 3.05) is 39.6 Å². The van der Waals surface area contributed by atoms with Gasteiger partial charge in [-0.25, -0.2) is 9.13 Å². The Kier molecular flexibility index (Phi) is 70.0. The molecular formula is C82H156O17P2. The number of carbonyl (C=O) groups is 4. The van der Waals surface area contributed by atoms with Crippen molar-refractivity contribution in [1.29, 1.82) is 0 Å². The number of allylic oxidation sites excluding steroid dienone is 4. The Morgan fingerprint density at radius 2 is 0.584 bits per heavy atom. The number of aliphatic hydroxyl groups excluding tert-OH is 1. The number of ether oxygens (including phenoxy) is 4. The van der Waals surface area contributed by atoms with Gasteiger partial charge in [-0.2, -0.15) is 0 Å². The van der Waals surface area contributed by atoms with Crippen LogP contribution in [0.2, 0.25) is 0 Å². The number of unbranched alkanes of at least 4 members (excludes halogenated alkanes) is 41. The monoisotopic (exact) mass is 1480 g/mol. The quantitative estimate of drug-likeness (QED) is 0.0169. The van der Waals surface area contributed by atoms with Gasteiger partial charge in [0, 0.05) is 25.7 Å². The lowest BCUT2D eigenvalue weighted by Crippen LogP contribution is -2.30. The number of rotatable bonds is 78. The molecule has 0 fully saturated rings. The average molecular weight is 1480 g/mol. The van der Waals surface area contributed by atoms with Crippen LogP contribution < -0.4 is 0 Å². The Labute approximate surface area is 618 Å². The molecule has 0 bridgehead atoms. The summed E-state index contributed by atoms with van der Waals surface area (Å²) in [6.07, 6.45) is 63.3. The van der Waals surface area contributed by atoms with Crippen LogP contribution in [0.4, 0.5) is 0 Å². The minimum Gasteiger partial charge on any atom is -0.462 e. The van der Waals surface area contributed by atoms with Crippen LogP contribution >= 0.6 is 15.6 Å². The molecule has 0 radical (unpaired) electrons. The third kappa shape index (κ3) is 72.9. The van der Waals surface area contributed by atoms with Gasteiger partial charge in [-0.05, 0) is 69.1 Å². The number of esters is 4. The predicted octanol–water partition coefficient (Wildman–Crippen LogP) is 24.1. The second-order valence-corrected chi connectivity index (χ2v) is 32.7. The van der Waals surface area contributed by atoms with Crippen molar-refractivity contribution in [3.8, 4) is 0 Å². The number of aliphatic hydroxyl groups is 1. The second-order valence-electron chi connectivity index (χ2n) is 29.8. The van der Waals surface area contributed by atoms with Gasteiger partial charge in [-0.15, -0.1) is 0 Å². The molecule has 0 aliphatic carbocycles. The number of phosphoric acid groups is 2. The van der Waals surface area contributed by atoms with Crippen LogP contribution in [0.25, 0.3) is 0 Å². The first kappa shape index (κ1) is 98.5. The standard InChI is InChI=1S/C82H156O17P2/c1-8-11-12-13-14-15-16-17-22-27-32-37-42-51-58-65-81(86)98-77(69-92-79(84)63-56-49-41-36-31-26-24-21-19-18-20-23-25-30-35-40-47-54-61-74(6)9-2)71-96-100(88,89)94-67-76(83)68-95-101(90,91)97-72-78(70-93-80(85)64-57-50-45-44-48-55-62-75(7)10-3)99-82(87)66-59-52-43-38-33-28-29-34-39-46-53-60-73(4)5/h15-17,22,73-78,83H,8-14,18-21,23-72H2,1-7H3,(H,88,89)(H,90,91)/b16-15-,22-17-/t74?,75?,76-,77-,78-/m1/s1. The zero-order valence-electron chi connectivity index (χ0n) is 65.9. The van der Waals surface area contributed by atoms with Crippen molar-refractivity contribution in [2.24, 2.45) is 17.8 Å². The van der Waals surface area contributed by atoms with Crippen molar-refractivity contribution in [2.45, 2.75) is 420 Å². The van der Waals surface area contributed by atoms with Gasteiger partial charge < -0.3 is 33.8 Å². The molecule has 17 nitrogen and oxygen atoms in total. The maximum atomic E-state index is 13.1. The van der Waals surface area contributed by atoms with E-state index in [4.69, 9.17) is 37.0 Å². The molecule has 7 atom stereocenters. The van der Waals surface area contributed by atoms with Gasteiger partial charge in [-0.1, -0.05) is 349 Å². The summed E-state index contributed by atoms with van der Waals surface area (Å²) in [5.41, 5.74) is 0. The third-order valence-electron chi connectivity index (χ3n) is 19.2. The third-order valence-corrected chi connectivity index (χ3v) is 21.1. The van der Waals surface area contributed by atoms with Crippen molar-refractivity contribution < 1.29 is 80.2 Å². The van der Waals surface area contributed by atoms with Crippen LogP contribution in [-0.4, -0.2) is 96.7 Å². The first-order chi connectivity index (χ1) is 48.8. The van der Waals surface area contributed by atoms with E-state index < -0.39 is 97.5 Å². The summed E-state index contributed by atoms with van der Waals surface area (Å²) in [6, 6.07) is 0. The normalized spacial score (nSPS) is 14.6. The lowest BCUT2D eigenvalue weighted by molar-refractivity contribution is -0.161. The van der Waals surface area contributed by atoms with E-state index in [9.17, 15) is 43.2 Å². The molecule has 0 spiro atoms. The minimum atomic E-state index is -4.97. The van der Waals surface area contributed by atoms with E-state index in [0.717, 1.165) is 127 Å². The first-order valence-electron chi connectivity index (χ1n) is 41.7. The van der Waals surface area contributed by atoms with Crippen LogP contribution in [0.1, 0.15) is 402 Å². The summed E-state index contributed by atoms with van der Waals surface area (Å²) in [5, 5.41) is 10.6. The SMILES string of the molecule is CCCCCC/C=C\C=C/CCCCCCCC(=O)O[C@H](COC(=O)CCCCCCCCCCCCCCCCCCCCC(C)CC)COP(=O)(O)OC[C@@H](O)COP(=O)(O)OC[C@@H](COC(=O)CCCCCCCCC(C)CC)OC(=O)CCCCCCCCCCCCCC(C)C. The van der Waals surface area contributed by atoms with Crippen molar-refractivity contribution >= 4 is 39.5 Å². The average Bonchev–Trinajstić information content (AvgIpc) is 0.918. The summed E-state index contributed by atoms with van der Waals surface area (Å²) in [5.74, 6) is 0.222. The van der Waals surface area contributed by atoms with E-state index in [1.165, 1.54) is 193 Å². The van der Waals surface area contributed by atoms with Gasteiger partial charge in [-0.3, -0.25) is 37.3 Å². The Morgan fingerprint density at radius 1 is 0.327 bits per heavy atom. The Hall–Kier alpha value is -2.46. The molecule has 0 saturated carbocycles. The van der Waals surface area contributed by atoms with Crippen molar-refractivity contribution in [3.63, 3.8) is 0 Å². The van der Waals surface area contributed by atoms with E-state index in [1.54, 1.807) is 0 Å². The largest absolute Gasteiger partial charge is 0.472 e. The number of hydrogen-bond acceptors (Lipinski definition) is 15. The molecule has 0 heterocycles. The molecule has 19 heteroatoms. The molecule has 0 aromatic carbocycles. The zero-order chi connectivity index (χ0) is 74.4. The number of carbonyl (C=O) groups excluding carboxylic acids is 4. The molecular weight excluding hydrogens is 1320 g/mol. The van der Waals surface area contributed by atoms with E-state index >= 15 is 0 Å². The molecule has 0 aromatic heterocycles. The zero-order valence-corrected chi connectivity index (χ0v) is 67.6. The van der Waals surface area contributed by atoms with E-state index in [1.807, 2.05) is 0 Å². The molecule has 596 valence electrons. The van der Waals surface area contributed by atoms with Crippen molar-refractivity contribution in [3.05, 3.63) is 24.3 Å². The fourth-order valence-electron chi connectivity index (χ4n) is 12.1. The highest BCUT2D eigenvalue weighted by molar-refractivity contribution is 7.47. The maximum Gasteiger partial charge on any atom is 0.472 e. The topological polar surface area (TPSA) is 237 Å². The van der Waals surface area contributed by atoms with Crippen LogP contribution in [0.15, 0.2) is 24.3 Å². The Morgan fingerprint density at radius 3 is 0.881 bits per heavy atom. The van der Waals surface area contributed by atoms with E-state index in [-0.39, 0.29) is 25.7 Å². The Bertz CT molecular complexity index is 2060. The predicted molar refractivity (Wildman–Crippen MR) is 414 cm³/mol. The van der Waals surface area contributed by atoms with Gasteiger partial charge >= 0.3 is 39.5 Å². The lowest BCUT2D eigenvalue weighted by atomic mass is 9.99. The van der Waals surface area contributed by atoms with Gasteiger partial charge in [0.25, 0.3) is 0 Å². The maximum absolute atomic E-state index is 13.1. The van der Waals surface area contributed by atoms with Gasteiger partial charge in [0.15, 0.2) is 12.2 Å². The molecule has 0 amide bonds. The fourth-order valence-corrected chi connectivity index (χ4v) is 13.6. The number of hydrogen-bond donors (Lipinski definition) is 3. The van der Waals surface area contributed by atoms with Gasteiger partial charge in [0.1, 0.15) is 19.3 Å². The van der Waals surface area contributed by atoms with E-state index in [0.29, 0.717) is 25.7 Å².